The Morgan fingerprint density at radius 3 is 2.19 bits per heavy atom. The second-order valence-corrected chi connectivity index (χ2v) is 13.8. The molecule has 1 heterocycles. The summed E-state index contributed by atoms with van der Waals surface area (Å²) in [6, 6.07) is 2.07. The van der Waals surface area contributed by atoms with Crippen molar-refractivity contribution in [1.82, 2.24) is 10.2 Å². The van der Waals surface area contributed by atoms with E-state index < -0.39 is 70.4 Å². The summed E-state index contributed by atoms with van der Waals surface area (Å²) < 4.78 is 0. The van der Waals surface area contributed by atoms with E-state index in [0.717, 1.165) is 12.8 Å². The number of hydrogen-bond acceptors (Lipinski definition) is 11. The van der Waals surface area contributed by atoms with Crippen molar-refractivity contribution in [2.75, 3.05) is 19.4 Å². The fourth-order valence-electron chi connectivity index (χ4n) is 8.13. The van der Waals surface area contributed by atoms with Crippen LogP contribution in [0.4, 0.5) is 5.69 Å². The molecule has 0 bridgehead atoms. The number of nitrogens with two attached hydrogens (primary N) is 1. The van der Waals surface area contributed by atoms with Crippen molar-refractivity contribution in [3.8, 4) is 5.75 Å². The van der Waals surface area contributed by atoms with Gasteiger partial charge < -0.3 is 46.8 Å². The van der Waals surface area contributed by atoms with E-state index >= 15 is 0 Å². The Morgan fingerprint density at radius 1 is 1.05 bits per heavy atom. The summed E-state index contributed by atoms with van der Waals surface area (Å²) in [6.45, 7) is 8.36. The second-order valence-electron chi connectivity index (χ2n) is 13.8. The molecule has 1 aliphatic heterocycles. The molecule has 5 rings (SSSR count). The zero-order valence-electron chi connectivity index (χ0n) is 24.7. The van der Waals surface area contributed by atoms with Crippen molar-refractivity contribution in [1.29, 1.82) is 0 Å². The van der Waals surface area contributed by atoms with Gasteiger partial charge in [0.1, 0.15) is 17.4 Å². The molecule has 1 saturated heterocycles. The number of primary amides is 1. The van der Waals surface area contributed by atoms with Crippen LogP contribution in [0.3, 0.4) is 0 Å². The van der Waals surface area contributed by atoms with Crippen molar-refractivity contribution < 1.29 is 39.9 Å². The summed E-state index contributed by atoms with van der Waals surface area (Å²) in [5, 5.41) is 64.1. The third-order valence-corrected chi connectivity index (χ3v) is 9.37. The number of Topliss-reactive ketones (excluding diaryl/α,β-unsaturated/α-hetero) is 2. The van der Waals surface area contributed by atoms with E-state index in [-0.39, 0.29) is 28.4 Å². The first-order chi connectivity index (χ1) is 19.3. The van der Waals surface area contributed by atoms with Crippen molar-refractivity contribution in [3.05, 3.63) is 35.3 Å². The number of aromatic hydroxyl groups is 1. The molecule has 0 aromatic heterocycles. The molecule has 3 aliphatic carbocycles. The van der Waals surface area contributed by atoms with E-state index in [2.05, 4.69) is 38.3 Å². The summed E-state index contributed by atoms with van der Waals surface area (Å²) in [6.07, 6.45) is -0.339. The van der Waals surface area contributed by atoms with Gasteiger partial charge in [-0.3, -0.25) is 14.4 Å². The molecule has 2 saturated carbocycles. The van der Waals surface area contributed by atoms with Crippen molar-refractivity contribution >= 4 is 28.9 Å². The van der Waals surface area contributed by atoms with Gasteiger partial charge in [-0.2, -0.15) is 0 Å². The Bertz CT molecular complexity index is 1370. The minimum absolute atomic E-state index is 0.0325. The van der Waals surface area contributed by atoms with Crippen LogP contribution < -0.4 is 16.4 Å². The number of hydrogen-bond donors (Lipinski definition) is 8. The van der Waals surface area contributed by atoms with Crippen molar-refractivity contribution in [2.45, 2.75) is 81.5 Å². The van der Waals surface area contributed by atoms with Crippen LogP contribution in [0.25, 0.3) is 5.76 Å². The van der Waals surface area contributed by atoms with E-state index in [4.69, 9.17) is 5.73 Å². The minimum atomic E-state index is -2.96. The molecule has 1 amide bonds. The minimum Gasteiger partial charge on any atom is -0.507 e. The van der Waals surface area contributed by atoms with E-state index in [0.29, 0.717) is 11.3 Å². The number of aliphatic hydroxyl groups excluding tert-OH is 3. The lowest BCUT2D eigenvalue weighted by Crippen LogP contribution is -2.76. The Morgan fingerprint density at radius 2 is 1.64 bits per heavy atom. The largest absolute Gasteiger partial charge is 0.507 e. The van der Waals surface area contributed by atoms with Gasteiger partial charge in [-0.25, -0.2) is 0 Å². The zero-order valence-corrected chi connectivity index (χ0v) is 24.7. The van der Waals surface area contributed by atoms with Crippen LogP contribution in [0.15, 0.2) is 17.7 Å². The Balaban J connectivity index is 1.59. The molecule has 2 unspecified atom stereocenters. The standard InChI is InChI=1S/C30H41N4O8/c1-28(2)10-13(11-29(3,4)33-28)32-15-8-7-12-9-14-17(23(37)16(12)22(15)36)25(39)30(42)19(21(14)35)20(34(5)6)24(38)18(26(30)40)27(31)41/h7-9,13-14,18-21,24,32-33,35-38,42H,10-11H2,1-6H3,(H2,31,41)/t14-,18?,19-,20+,21+,24?,30+/m0/s1. The van der Waals surface area contributed by atoms with Crippen molar-refractivity contribution in [2.24, 2.45) is 23.5 Å². The maximum Gasteiger partial charge on any atom is 0.230 e. The molecule has 1 aromatic rings. The number of likely N-dealkylation sites (N-methyl/N-ethyl adjacent to an activating group) is 1. The van der Waals surface area contributed by atoms with E-state index in [9.17, 15) is 39.9 Å². The van der Waals surface area contributed by atoms with Gasteiger partial charge in [0.05, 0.1) is 23.5 Å². The van der Waals surface area contributed by atoms with Crippen LogP contribution in [0.1, 0.15) is 51.7 Å². The molecule has 42 heavy (non-hydrogen) atoms. The smallest absolute Gasteiger partial charge is 0.230 e. The van der Waals surface area contributed by atoms with Gasteiger partial charge >= 0.3 is 0 Å². The summed E-state index contributed by atoms with van der Waals surface area (Å²) in [5.74, 6) is -9.43. The number of carbonyl (C=O) groups is 3. The number of phenols is 1. The van der Waals surface area contributed by atoms with Crippen LogP contribution in [0.2, 0.25) is 0 Å². The fourth-order valence-corrected chi connectivity index (χ4v) is 8.13. The molecular weight excluding hydrogens is 544 g/mol. The lowest BCUT2D eigenvalue weighted by atomic mass is 9.53. The number of nitrogens with one attached hydrogen (secondary N) is 2. The molecule has 7 atom stereocenters. The predicted molar refractivity (Wildman–Crippen MR) is 153 cm³/mol. The lowest BCUT2D eigenvalue weighted by Gasteiger charge is -2.55. The number of benzene rings is 1. The van der Waals surface area contributed by atoms with Crippen LogP contribution in [-0.2, 0) is 14.4 Å². The SMILES string of the molecule is CN(C)[C@H]1C(O)C(C(N)=O)C(=O)[C@]2(O)C(=O)C3=C(O)c4c(ccc(NC5CC(C)(C)NC(C)(C)C5)c4O)[CH][C@@H]3[C@@H](O)[C@H]12. The first kappa shape index (κ1) is 30.4. The summed E-state index contributed by atoms with van der Waals surface area (Å²) in [4.78, 5) is 41.1. The predicted octanol–water partition coefficient (Wildman–Crippen LogP) is -0.169. The lowest BCUT2D eigenvalue weighted by molar-refractivity contribution is -0.197. The van der Waals surface area contributed by atoms with Gasteiger partial charge in [-0.15, -0.1) is 0 Å². The second kappa shape index (κ2) is 9.75. The van der Waals surface area contributed by atoms with Gasteiger partial charge in [0, 0.05) is 47.0 Å². The monoisotopic (exact) mass is 585 g/mol. The third-order valence-electron chi connectivity index (χ3n) is 9.37. The number of carbonyl (C=O) groups excluding carboxylic acids is 3. The van der Waals surface area contributed by atoms with Gasteiger partial charge in [0.15, 0.2) is 11.4 Å². The van der Waals surface area contributed by atoms with Crippen LogP contribution in [0, 0.1) is 24.2 Å². The highest BCUT2D eigenvalue weighted by molar-refractivity contribution is 6.25. The quantitative estimate of drug-likeness (QED) is 0.172. The number of piperidine rings is 1. The highest BCUT2D eigenvalue weighted by atomic mass is 16.3. The fraction of sp³-hybridized carbons (Fsp3) is 0.600. The molecule has 12 nitrogen and oxygen atoms in total. The molecule has 1 aromatic carbocycles. The van der Waals surface area contributed by atoms with E-state index in [1.54, 1.807) is 12.1 Å². The zero-order chi connectivity index (χ0) is 31.3. The van der Waals surface area contributed by atoms with Gasteiger partial charge in [0.2, 0.25) is 11.7 Å². The Labute approximate surface area is 244 Å². The number of ketones is 2. The Hall–Kier alpha value is -3.03. The van der Waals surface area contributed by atoms with Crippen molar-refractivity contribution in [3.63, 3.8) is 0 Å². The van der Waals surface area contributed by atoms with Crippen LogP contribution in [-0.4, -0.2) is 103 Å². The highest BCUT2D eigenvalue weighted by Gasteiger charge is 2.70. The average Bonchev–Trinajstić information content (AvgIpc) is 2.83. The first-order valence-corrected chi connectivity index (χ1v) is 14.2. The first-order valence-electron chi connectivity index (χ1n) is 14.2. The number of aliphatic hydroxyl groups is 4. The van der Waals surface area contributed by atoms with Gasteiger partial charge in [0.25, 0.3) is 0 Å². The number of anilines is 1. The number of phenolic OH excluding ortho intramolecular Hbond substituents is 1. The maximum atomic E-state index is 14.0. The van der Waals surface area contributed by atoms with Gasteiger partial charge in [-0.05, 0) is 66.3 Å². The Kier molecular flexibility index (Phi) is 7.06. The molecule has 0 spiro atoms. The topological polar surface area (TPSA) is 206 Å². The molecular formula is C30H41N4O8. The summed E-state index contributed by atoms with van der Waals surface area (Å²) in [7, 11) is 3.03. The third kappa shape index (κ3) is 4.43. The number of nitrogens with zero attached hydrogens (tertiary/aromatic N) is 1. The summed E-state index contributed by atoms with van der Waals surface area (Å²) >= 11 is 0. The summed E-state index contributed by atoms with van der Waals surface area (Å²) in [5.41, 5.74) is 2.20. The molecule has 9 N–H and O–H groups in total. The van der Waals surface area contributed by atoms with Gasteiger partial charge in [-0.1, -0.05) is 6.07 Å². The van der Waals surface area contributed by atoms with E-state index in [1.165, 1.54) is 25.4 Å². The number of fused-ring (bicyclic) bond motifs is 3. The van der Waals surface area contributed by atoms with E-state index in [1.807, 2.05) is 0 Å². The van der Waals surface area contributed by atoms with Crippen LogP contribution in [0.5, 0.6) is 5.75 Å². The number of amides is 1. The highest BCUT2D eigenvalue weighted by Crippen LogP contribution is 2.53. The maximum absolute atomic E-state index is 14.0. The van der Waals surface area contributed by atoms with Crippen LogP contribution >= 0.6 is 0 Å². The molecule has 1 radical (unpaired) electrons. The normalized spacial score (nSPS) is 35.9. The molecule has 229 valence electrons. The average molecular weight is 586 g/mol. The number of rotatable bonds is 4. The molecule has 4 aliphatic rings. The molecule has 12 heteroatoms. The molecule has 3 fully saturated rings.